The molecule has 108 valence electrons. The SMILES string of the molecule is O=C(Nc1ccc(F)cc1F)N1CCC2CCC(C1)N2. The Bertz CT molecular complexity index is 523. The lowest BCUT2D eigenvalue weighted by Crippen LogP contribution is -2.41. The number of rotatable bonds is 1. The van der Waals surface area contributed by atoms with Crippen molar-refractivity contribution in [2.24, 2.45) is 0 Å². The fraction of sp³-hybridized carbons (Fsp3) is 0.500. The summed E-state index contributed by atoms with van der Waals surface area (Å²) in [6.07, 6.45) is 3.14. The van der Waals surface area contributed by atoms with E-state index < -0.39 is 11.6 Å². The van der Waals surface area contributed by atoms with Crippen molar-refractivity contribution in [1.82, 2.24) is 10.2 Å². The van der Waals surface area contributed by atoms with Crippen molar-refractivity contribution >= 4 is 11.7 Å². The Balaban J connectivity index is 1.66. The van der Waals surface area contributed by atoms with Gasteiger partial charge >= 0.3 is 6.03 Å². The number of halogens is 2. The van der Waals surface area contributed by atoms with E-state index in [1.165, 1.54) is 6.07 Å². The number of nitrogens with zero attached hydrogens (tertiary/aromatic N) is 1. The lowest BCUT2D eigenvalue weighted by atomic mass is 10.1. The molecular weight excluding hydrogens is 264 g/mol. The van der Waals surface area contributed by atoms with Gasteiger partial charge in [0, 0.05) is 31.2 Å². The van der Waals surface area contributed by atoms with Gasteiger partial charge in [0.15, 0.2) is 0 Å². The Morgan fingerprint density at radius 1 is 1.25 bits per heavy atom. The molecule has 0 saturated carbocycles. The van der Waals surface area contributed by atoms with Gasteiger partial charge in [-0.1, -0.05) is 0 Å². The molecule has 3 rings (SSSR count). The van der Waals surface area contributed by atoms with Gasteiger partial charge in [0.05, 0.1) is 5.69 Å². The number of nitrogens with one attached hydrogen (secondary N) is 2. The van der Waals surface area contributed by atoms with Crippen LogP contribution in [0.4, 0.5) is 19.3 Å². The molecule has 20 heavy (non-hydrogen) atoms. The molecule has 2 atom stereocenters. The van der Waals surface area contributed by atoms with Crippen molar-refractivity contribution in [2.45, 2.75) is 31.3 Å². The van der Waals surface area contributed by atoms with E-state index in [1.54, 1.807) is 4.90 Å². The van der Waals surface area contributed by atoms with Gasteiger partial charge in [-0.2, -0.15) is 0 Å². The monoisotopic (exact) mass is 281 g/mol. The molecule has 2 N–H and O–H groups in total. The van der Waals surface area contributed by atoms with Crippen LogP contribution in [-0.2, 0) is 0 Å². The molecular formula is C14H17F2N3O. The van der Waals surface area contributed by atoms with Gasteiger partial charge in [0.2, 0.25) is 0 Å². The fourth-order valence-electron chi connectivity index (χ4n) is 2.91. The predicted octanol–water partition coefficient (Wildman–Crippen LogP) is 2.32. The first-order valence-electron chi connectivity index (χ1n) is 6.89. The van der Waals surface area contributed by atoms with Crippen LogP contribution >= 0.6 is 0 Å². The number of fused-ring (bicyclic) bond motifs is 2. The summed E-state index contributed by atoms with van der Waals surface area (Å²) < 4.78 is 26.3. The number of carbonyl (C=O) groups excluding carboxylic acids is 1. The van der Waals surface area contributed by atoms with Crippen LogP contribution in [0.5, 0.6) is 0 Å². The Hall–Kier alpha value is -1.69. The Morgan fingerprint density at radius 2 is 2.05 bits per heavy atom. The van der Waals surface area contributed by atoms with E-state index in [-0.39, 0.29) is 11.7 Å². The van der Waals surface area contributed by atoms with Crippen LogP contribution in [-0.4, -0.2) is 36.1 Å². The molecule has 1 aromatic rings. The van der Waals surface area contributed by atoms with Crippen LogP contribution in [0.15, 0.2) is 18.2 Å². The van der Waals surface area contributed by atoms with Crippen molar-refractivity contribution in [3.8, 4) is 0 Å². The molecule has 6 heteroatoms. The first-order valence-corrected chi connectivity index (χ1v) is 6.89. The van der Waals surface area contributed by atoms with E-state index in [1.807, 2.05) is 0 Å². The van der Waals surface area contributed by atoms with Gasteiger partial charge in [-0.15, -0.1) is 0 Å². The fourth-order valence-corrected chi connectivity index (χ4v) is 2.91. The maximum Gasteiger partial charge on any atom is 0.321 e. The van der Waals surface area contributed by atoms with Gasteiger partial charge in [-0.3, -0.25) is 0 Å². The molecule has 2 unspecified atom stereocenters. The highest BCUT2D eigenvalue weighted by molar-refractivity contribution is 5.89. The van der Waals surface area contributed by atoms with Gasteiger partial charge in [0.1, 0.15) is 11.6 Å². The van der Waals surface area contributed by atoms with Crippen LogP contribution in [0.1, 0.15) is 19.3 Å². The minimum Gasteiger partial charge on any atom is -0.323 e. The standard InChI is InChI=1S/C14H17F2N3O/c15-9-1-4-13(12(16)7-9)18-14(20)19-6-5-10-2-3-11(8-19)17-10/h1,4,7,10-11,17H,2-3,5-6,8H2,(H,18,20). The zero-order valence-electron chi connectivity index (χ0n) is 11.0. The maximum atomic E-state index is 13.5. The van der Waals surface area contributed by atoms with E-state index in [0.29, 0.717) is 25.2 Å². The van der Waals surface area contributed by atoms with Crippen LogP contribution in [0.25, 0.3) is 0 Å². The summed E-state index contributed by atoms with van der Waals surface area (Å²) in [5, 5.41) is 5.99. The Morgan fingerprint density at radius 3 is 2.85 bits per heavy atom. The number of carbonyl (C=O) groups is 1. The van der Waals surface area contributed by atoms with Crippen LogP contribution < -0.4 is 10.6 Å². The third-order valence-corrected chi connectivity index (χ3v) is 3.98. The molecule has 2 saturated heterocycles. The molecule has 2 bridgehead atoms. The minimum atomic E-state index is -0.757. The lowest BCUT2D eigenvalue weighted by molar-refractivity contribution is 0.208. The number of hydrogen-bond acceptors (Lipinski definition) is 2. The number of amides is 2. The number of anilines is 1. The molecule has 2 aliphatic rings. The molecule has 0 radical (unpaired) electrons. The molecule has 0 aromatic heterocycles. The zero-order valence-corrected chi connectivity index (χ0v) is 11.0. The average molecular weight is 281 g/mol. The molecule has 0 spiro atoms. The van der Waals surface area contributed by atoms with Gasteiger partial charge in [0.25, 0.3) is 0 Å². The third kappa shape index (κ3) is 2.75. The van der Waals surface area contributed by atoms with E-state index in [9.17, 15) is 13.6 Å². The molecule has 4 nitrogen and oxygen atoms in total. The summed E-state index contributed by atoms with van der Waals surface area (Å²) in [4.78, 5) is 13.9. The lowest BCUT2D eigenvalue weighted by Gasteiger charge is -2.24. The van der Waals surface area contributed by atoms with E-state index in [0.717, 1.165) is 31.4 Å². The average Bonchev–Trinajstić information content (AvgIpc) is 2.72. The Kier molecular flexibility index (Phi) is 3.56. The number of hydrogen-bond donors (Lipinski definition) is 2. The summed E-state index contributed by atoms with van der Waals surface area (Å²) in [6.45, 7) is 1.29. The summed E-state index contributed by atoms with van der Waals surface area (Å²) in [5.74, 6) is -1.41. The first kappa shape index (κ1) is 13.3. The number of benzene rings is 1. The van der Waals surface area contributed by atoms with Gasteiger partial charge in [-0.25, -0.2) is 13.6 Å². The highest BCUT2D eigenvalue weighted by atomic mass is 19.1. The molecule has 1 aromatic carbocycles. The third-order valence-electron chi connectivity index (χ3n) is 3.98. The first-order chi connectivity index (χ1) is 9.61. The van der Waals surface area contributed by atoms with Crippen molar-refractivity contribution in [3.63, 3.8) is 0 Å². The van der Waals surface area contributed by atoms with E-state index in [2.05, 4.69) is 10.6 Å². The van der Waals surface area contributed by atoms with Crippen molar-refractivity contribution in [3.05, 3.63) is 29.8 Å². The zero-order chi connectivity index (χ0) is 14.1. The predicted molar refractivity (Wildman–Crippen MR) is 71.5 cm³/mol. The summed E-state index contributed by atoms with van der Waals surface area (Å²) in [7, 11) is 0. The Labute approximate surface area is 116 Å². The molecule has 0 aliphatic carbocycles. The molecule has 2 aliphatic heterocycles. The number of likely N-dealkylation sites (tertiary alicyclic amines) is 1. The van der Waals surface area contributed by atoms with Crippen LogP contribution in [0.2, 0.25) is 0 Å². The molecule has 2 amide bonds. The van der Waals surface area contributed by atoms with Crippen LogP contribution in [0.3, 0.4) is 0 Å². The molecule has 2 fully saturated rings. The smallest absolute Gasteiger partial charge is 0.321 e. The highest BCUT2D eigenvalue weighted by Gasteiger charge is 2.31. The minimum absolute atomic E-state index is 0.0127. The van der Waals surface area contributed by atoms with E-state index >= 15 is 0 Å². The molecule has 2 heterocycles. The number of urea groups is 1. The second-order valence-corrected chi connectivity index (χ2v) is 5.43. The van der Waals surface area contributed by atoms with E-state index in [4.69, 9.17) is 0 Å². The maximum absolute atomic E-state index is 13.5. The summed E-state index contributed by atoms with van der Waals surface area (Å²) in [6, 6.07) is 3.62. The topological polar surface area (TPSA) is 44.4 Å². The van der Waals surface area contributed by atoms with Crippen molar-refractivity contribution in [2.75, 3.05) is 18.4 Å². The highest BCUT2D eigenvalue weighted by Crippen LogP contribution is 2.21. The second kappa shape index (κ2) is 5.36. The van der Waals surface area contributed by atoms with Gasteiger partial charge < -0.3 is 15.5 Å². The van der Waals surface area contributed by atoms with Crippen molar-refractivity contribution < 1.29 is 13.6 Å². The second-order valence-electron chi connectivity index (χ2n) is 5.43. The largest absolute Gasteiger partial charge is 0.323 e. The van der Waals surface area contributed by atoms with Crippen molar-refractivity contribution in [1.29, 1.82) is 0 Å². The van der Waals surface area contributed by atoms with Crippen LogP contribution in [0, 0.1) is 11.6 Å². The quantitative estimate of drug-likeness (QED) is 0.829. The van der Waals surface area contributed by atoms with Gasteiger partial charge in [-0.05, 0) is 31.4 Å². The summed E-state index contributed by atoms with van der Waals surface area (Å²) in [5.41, 5.74) is 0.0127. The normalized spacial score (nSPS) is 25.4. The summed E-state index contributed by atoms with van der Waals surface area (Å²) >= 11 is 0.